The molecule has 0 fully saturated rings. The number of furan rings is 1. The minimum absolute atomic E-state index is 0.232. The van der Waals surface area contributed by atoms with Gasteiger partial charge in [0, 0.05) is 12.6 Å². The predicted molar refractivity (Wildman–Crippen MR) is 76.1 cm³/mol. The van der Waals surface area contributed by atoms with Crippen LogP contribution in [0.3, 0.4) is 0 Å². The smallest absolute Gasteiger partial charge is 0.290 e. The first-order valence-electron chi connectivity index (χ1n) is 6.55. The number of para-hydroxylation sites is 1. The third-order valence-electron chi connectivity index (χ3n) is 2.66. The lowest BCUT2D eigenvalue weighted by atomic mass is 10.3. The van der Waals surface area contributed by atoms with E-state index in [0.29, 0.717) is 18.2 Å². The van der Waals surface area contributed by atoms with E-state index in [1.165, 1.54) is 0 Å². The number of rotatable bonds is 7. The van der Waals surface area contributed by atoms with Gasteiger partial charge in [0.15, 0.2) is 5.76 Å². The van der Waals surface area contributed by atoms with Gasteiger partial charge < -0.3 is 19.8 Å². The summed E-state index contributed by atoms with van der Waals surface area (Å²) in [6.07, 6.45) is 0.871. The molecule has 0 aliphatic heterocycles. The minimum Gasteiger partial charge on any atom is -0.426 e. The van der Waals surface area contributed by atoms with Gasteiger partial charge in [-0.15, -0.1) is 0 Å². The zero-order valence-electron chi connectivity index (χ0n) is 11.4. The average molecular weight is 274 g/mol. The zero-order chi connectivity index (χ0) is 14.2. The van der Waals surface area contributed by atoms with Crippen LogP contribution in [0.4, 0.5) is 0 Å². The van der Waals surface area contributed by atoms with Crippen LogP contribution in [0.15, 0.2) is 46.9 Å². The lowest BCUT2D eigenvalue weighted by Crippen LogP contribution is -2.26. The number of carbonyl (C=O) groups excluding carboxylic acids is 1. The van der Waals surface area contributed by atoms with E-state index < -0.39 is 0 Å². The van der Waals surface area contributed by atoms with E-state index in [4.69, 9.17) is 9.15 Å². The molecular formula is C15H18N2O3. The first-order chi connectivity index (χ1) is 9.79. The van der Waals surface area contributed by atoms with Crippen LogP contribution in [0.25, 0.3) is 0 Å². The Balaban J connectivity index is 1.87. The molecule has 0 bridgehead atoms. The van der Waals surface area contributed by atoms with Crippen molar-refractivity contribution in [3.63, 3.8) is 0 Å². The van der Waals surface area contributed by atoms with Crippen molar-refractivity contribution in [2.45, 2.75) is 6.42 Å². The van der Waals surface area contributed by atoms with Crippen LogP contribution in [-0.4, -0.2) is 26.0 Å². The van der Waals surface area contributed by atoms with Crippen LogP contribution in [0.2, 0.25) is 0 Å². The highest BCUT2D eigenvalue weighted by Crippen LogP contribution is 2.23. The SMILES string of the molecule is CNCCCNC(=O)c1ccc(Oc2ccccc2)o1. The molecule has 1 amide bonds. The molecule has 0 saturated carbocycles. The Morgan fingerprint density at radius 2 is 1.95 bits per heavy atom. The highest BCUT2D eigenvalue weighted by Gasteiger charge is 2.11. The summed E-state index contributed by atoms with van der Waals surface area (Å²) in [4.78, 5) is 11.8. The van der Waals surface area contributed by atoms with Gasteiger partial charge in [-0.3, -0.25) is 4.79 Å². The maximum absolute atomic E-state index is 11.8. The molecule has 1 heterocycles. The van der Waals surface area contributed by atoms with Gasteiger partial charge in [0.05, 0.1) is 0 Å². The molecule has 1 aromatic heterocycles. The van der Waals surface area contributed by atoms with Crippen molar-refractivity contribution >= 4 is 5.91 Å². The standard InChI is InChI=1S/C15H18N2O3/c1-16-10-5-11-17-15(18)13-8-9-14(20-13)19-12-6-3-2-4-7-12/h2-4,6-9,16H,5,10-11H2,1H3,(H,17,18). The lowest BCUT2D eigenvalue weighted by Gasteiger charge is -2.03. The van der Waals surface area contributed by atoms with Crippen molar-refractivity contribution < 1.29 is 13.9 Å². The molecule has 2 rings (SSSR count). The van der Waals surface area contributed by atoms with E-state index >= 15 is 0 Å². The van der Waals surface area contributed by atoms with Crippen LogP contribution in [-0.2, 0) is 0 Å². The van der Waals surface area contributed by atoms with Crippen LogP contribution in [0.5, 0.6) is 11.7 Å². The molecule has 20 heavy (non-hydrogen) atoms. The Hall–Kier alpha value is -2.27. The van der Waals surface area contributed by atoms with Gasteiger partial charge in [-0.05, 0) is 38.2 Å². The van der Waals surface area contributed by atoms with Crippen molar-refractivity contribution in [3.8, 4) is 11.7 Å². The van der Waals surface area contributed by atoms with E-state index in [1.54, 1.807) is 12.1 Å². The van der Waals surface area contributed by atoms with Gasteiger partial charge in [0.1, 0.15) is 5.75 Å². The summed E-state index contributed by atoms with van der Waals surface area (Å²) in [5.74, 6) is 0.990. The highest BCUT2D eigenvalue weighted by molar-refractivity contribution is 5.91. The maximum atomic E-state index is 11.8. The number of carbonyl (C=O) groups is 1. The maximum Gasteiger partial charge on any atom is 0.290 e. The van der Waals surface area contributed by atoms with E-state index in [1.807, 2.05) is 37.4 Å². The average Bonchev–Trinajstić information content (AvgIpc) is 2.93. The van der Waals surface area contributed by atoms with Gasteiger partial charge in [-0.2, -0.15) is 0 Å². The number of benzene rings is 1. The lowest BCUT2D eigenvalue weighted by molar-refractivity contribution is 0.0920. The molecule has 2 N–H and O–H groups in total. The molecule has 5 heteroatoms. The van der Waals surface area contributed by atoms with Gasteiger partial charge in [0.25, 0.3) is 11.9 Å². The van der Waals surface area contributed by atoms with Crippen molar-refractivity contribution in [3.05, 3.63) is 48.2 Å². The van der Waals surface area contributed by atoms with Crippen LogP contribution >= 0.6 is 0 Å². The summed E-state index contributed by atoms with van der Waals surface area (Å²) in [6, 6.07) is 12.5. The first-order valence-corrected chi connectivity index (χ1v) is 6.55. The van der Waals surface area contributed by atoms with Gasteiger partial charge in [-0.25, -0.2) is 0 Å². The fourth-order valence-electron chi connectivity index (χ4n) is 1.66. The first kappa shape index (κ1) is 14.1. The van der Waals surface area contributed by atoms with E-state index in [9.17, 15) is 4.79 Å². The molecule has 1 aromatic carbocycles. The molecule has 0 spiro atoms. The molecule has 0 atom stereocenters. The molecule has 0 aliphatic rings. The summed E-state index contributed by atoms with van der Waals surface area (Å²) in [6.45, 7) is 1.47. The quantitative estimate of drug-likeness (QED) is 0.761. The Bertz CT molecular complexity index is 537. The highest BCUT2D eigenvalue weighted by atomic mass is 16.6. The molecule has 0 aliphatic carbocycles. The fraction of sp³-hybridized carbons (Fsp3) is 0.267. The topological polar surface area (TPSA) is 63.5 Å². The second kappa shape index (κ2) is 7.35. The molecular weight excluding hydrogens is 256 g/mol. The zero-order valence-corrected chi connectivity index (χ0v) is 11.4. The van der Waals surface area contributed by atoms with Gasteiger partial charge >= 0.3 is 0 Å². The monoisotopic (exact) mass is 274 g/mol. The number of nitrogens with one attached hydrogen (secondary N) is 2. The third-order valence-corrected chi connectivity index (χ3v) is 2.66. The predicted octanol–water partition coefficient (Wildman–Crippen LogP) is 2.41. The normalized spacial score (nSPS) is 10.2. The fourth-order valence-corrected chi connectivity index (χ4v) is 1.66. The molecule has 0 radical (unpaired) electrons. The summed E-state index contributed by atoms with van der Waals surface area (Å²) in [7, 11) is 1.88. The van der Waals surface area contributed by atoms with E-state index in [0.717, 1.165) is 13.0 Å². The van der Waals surface area contributed by atoms with E-state index in [2.05, 4.69) is 10.6 Å². The summed E-state index contributed by atoms with van der Waals surface area (Å²) >= 11 is 0. The molecule has 0 saturated heterocycles. The molecule has 2 aromatic rings. The van der Waals surface area contributed by atoms with Crippen LogP contribution in [0, 0.1) is 0 Å². The third kappa shape index (κ3) is 4.13. The van der Waals surface area contributed by atoms with Crippen molar-refractivity contribution in [1.82, 2.24) is 10.6 Å². The summed E-state index contributed by atoms with van der Waals surface area (Å²) in [5, 5.41) is 5.80. The Kier molecular flexibility index (Phi) is 5.20. The largest absolute Gasteiger partial charge is 0.426 e. The number of hydrogen-bond donors (Lipinski definition) is 2. The number of amides is 1. The Morgan fingerprint density at radius 3 is 2.70 bits per heavy atom. The number of hydrogen-bond acceptors (Lipinski definition) is 4. The van der Waals surface area contributed by atoms with Crippen molar-refractivity contribution in [2.24, 2.45) is 0 Å². The molecule has 0 unspecified atom stereocenters. The number of ether oxygens (including phenoxy) is 1. The Morgan fingerprint density at radius 1 is 1.15 bits per heavy atom. The van der Waals surface area contributed by atoms with Gasteiger partial charge in [-0.1, -0.05) is 18.2 Å². The van der Waals surface area contributed by atoms with Crippen molar-refractivity contribution in [2.75, 3.05) is 20.1 Å². The summed E-state index contributed by atoms with van der Waals surface area (Å²) < 4.78 is 10.9. The van der Waals surface area contributed by atoms with Crippen LogP contribution in [0.1, 0.15) is 17.0 Å². The van der Waals surface area contributed by atoms with Gasteiger partial charge in [0.2, 0.25) is 0 Å². The van der Waals surface area contributed by atoms with E-state index in [-0.39, 0.29) is 11.7 Å². The van der Waals surface area contributed by atoms with Crippen LogP contribution < -0.4 is 15.4 Å². The molecule has 106 valence electrons. The summed E-state index contributed by atoms with van der Waals surface area (Å²) in [5.41, 5.74) is 0. The van der Waals surface area contributed by atoms with Crippen molar-refractivity contribution in [1.29, 1.82) is 0 Å². The molecule has 5 nitrogen and oxygen atoms in total. The second-order valence-corrected chi connectivity index (χ2v) is 4.25. The minimum atomic E-state index is -0.232. The Labute approximate surface area is 117 Å². The second-order valence-electron chi connectivity index (χ2n) is 4.25.